The number of hydrogen-bond acceptors (Lipinski definition) is 4. The van der Waals surface area contributed by atoms with E-state index in [9.17, 15) is 5.11 Å². The fourth-order valence-corrected chi connectivity index (χ4v) is 2.41. The van der Waals surface area contributed by atoms with Crippen LogP contribution in [-0.2, 0) is 0 Å². The third-order valence-corrected chi connectivity index (χ3v) is 3.56. The van der Waals surface area contributed by atoms with Crippen LogP contribution in [0.5, 0.6) is 11.5 Å². The molecule has 1 unspecified atom stereocenters. The molecular weight excluding hydrogens is 334 g/mol. The number of ether oxygens (including phenoxy) is 2. The lowest BCUT2D eigenvalue weighted by atomic mass is 10.1. The van der Waals surface area contributed by atoms with Gasteiger partial charge in [0.05, 0.1) is 20.3 Å². The Labute approximate surface area is 132 Å². The highest BCUT2D eigenvalue weighted by Gasteiger charge is 2.08. The number of halogens is 1. The second-order valence-electron chi connectivity index (χ2n) is 4.55. The third kappa shape index (κ3) is 4.37. The Balaban J connectivity index is 1.99. The third-order valence-electron chi connectivity index (χ3n) is 3.11. The second-order valence-corrected chi connectivity index (χ2v) is 5.47. The molecule has 1 atom stereocenters. The average molecular weight is 352 g/mol. The number of hydrogen-bond donors (Lipinski definition) is 2. The SMILES string of the molecule is COc1ccc(C(O)CNc2cc(Br)cc(OC)c2)cc1. The summed E-state index contributed by atoms with van der Waals surface area (Å²) in [4.78, 5) is 0. The lowest BCUT2D eigenvalue weighted by molar-refractivity contribution is 0.191. The average Bonchev–Trinajstić information content (AvgIpc) is 2.52. The second kappa shape index (κ2) is 7.33. The molecule has 0 radical (unpaired) electrons. The Morgan fingerprint density at radius 2 is 1.71 bits per heavy atom. The maximum absolute atomic E-state index is 10.2. The van der Waals surface area contributed by atoms with Crippen molar-refractivity contribution in [2.24, 2.45) is 0 Å². The van der Waals surface area contributed by atoms with E-state index < -0.39 is 6.10 Å². The van der Waals surface area contributed by atoms with Crippen molar-refractivity contribution in [1.29, 1.82) is 0 Å². The van der Waals surface area contributed by atoms with E-state index in [0.717, 1.165) is 27.2 Å². The molecule has 2 rings (SSSR count). The highest BCUT2D eigenvalue weighted by atomic mass is 79.9. The molecule has 0 heterocycles. The smallest absolute Gasteiger partial charge is 0.122 e. The summed E-state index contributed by atoms with van der Waals surface area (Å²) in [7, 11) is 3.24. The van der Waals surface area contributed by atoms with Gasteiger partial charge >= 0.3 is 0 Å². The number of benzene rings is 2. The van der Waals surface area contributed by atoms with E-state index >= 15 is 0 Å². The van der Waals surface area contributed by atoms with Gasteiger partial charge in [0, 0.05) is 22.8 Å². The van der Waals surface area contributed by atoms with Gasteiger partial charge < -0.3 is 19.9 Å². The van der Waals surface area contributed by atoms with Gasteiger partial charge in [0.25, 0.3) is 0 Å². The summed E-state index contributed by atoms with van der Waals surface area (Å²) in [5.74, 6) is 1.53. The highest BCUT2D eigenvalue weighted by molar-refractivity contribution is 9.10. The van der Waals surface area contributed by atoms with Gasteiger partial charge in [-0.2, -0.15) is 0 Å². The first-order chi connectivity index (χ1) is 10.1. The van der Waals surface area contributed by atoms with Crippen LogP contribution in [0, 0.1) is 0 Å². The number of aliphatic hydroxyl groups excluding tert-OH is 1. The van der Waals surface area contributed by atoms with Crippen molar-refractivity contribution in [3.05, 3.63) is 52.5 Å². The molecule has 112 valence electrons. The van der Waals surface area contributed by atoms with E-state index in [1.54, 1.807) is 14.2 Å². The van der Waals surface area contributed by atoms with Gasteiger partial charge in [0.1, 0.15) is 11.5 Å². The van der Waals surface area contributed by atoms with Crippen molar-refractivity contribution in [2.75, 3.05) is 26.1 Å². The van der Waals surface area contributed by atoms with Gasteiger partial charge in [-0.3, -0.25) is 0 Å². The van der Waals surface area contributed by atoms with Gasteiger partial charge in [-0.05, 0) is 29.8 Å². The van der Waals surface area contributed by atoms with Crippen LogP contribution in [-0.4, -0.2) is 25.9 Å². The first-order valence-corrected chi connectivity index (χ1v) is 7.32. The first-order valence-electron chi connectivity index (χ1n) is 6.53. The highest BCUT2D eigenvalue weighted by Crippen LogP contribution is 2.25. The van der Waals surface area contributed by atoms with Gasteiger partial charge in [-0.1, -0.05) is 28.1 Å². The molecule has 0 aromatic heterocycles. The van der Waals surface area contributed by atoms with Crippen molar-refractivity contribution in [3.63, 3.8) is 0 Å². The van der Waals surface area contributed by atoms with E-state index in [0.29, 0.717) is 6.54 Å². The van der Waals surface area contributed by atoms with Crippen molar-refractivity contribution >= 4 is 21.6 Å². The summed E-state index contributed by atoms with van der Waals surface area (Å²) < 4.78 is 11.2. The van der Waals surface area contributed by atoms with Crippen LogP contribution in [0.15, 0.2) is 46.9 Å². The Bertz CT molecular complexity index is 587. The number of anilines is 1. The molecule has 0 amide bonds. The van der Waals surface area contributed by atoms with Gasteiger partial charge in [0.15, 0.2) is 0 Å². The van der Waals surface area contributed by atoms with E-state index in [4.69, 9.17) is 9.47 Å². The lowest BCUT2D eigenvalue weighted by Crippen LogP contribution is -2.12. The van der Waals surface area contributed by atoms with Crippen LogP contribution >= 0.6 is 15.9 Å². The zero-order valence-corrected chi connectivity index (χ0v) is 13.6. The number of methoxy groups -OCH3 is 2. The fourth-order valence-electron chi connectivity index (χ4n) is 1.94. The molecule has 2 aromatic rings. The van der Waals surface area contributed by atoms with Gasteiger partial charge in [-0.25, -0.2) is 0 Å². The summed E-state index contributed by atoms with van der Waals surface area (Å²) in [6, 6.07) is 13.1. The predicted octanol–water partition coefficient (Wildman–Crippen LogP) is 3.61. The molecule has 2 N–H and O–H groups in total. The normalized spacial score (nSPS) is 11.8. The Morgan fingerprint density at radius 1 is 1.05 bits per heavy atom. The van der Waals surface area contributed by atoms with Crippen molar-refractivity contribution in [3.8, 4) is 11.5 Å². The zero-order chi connectivity index (χ0) is 15.2. The number of aliphatic hydroxyl groups is 1. The monoisotopic (exact) mass is 351 g/mol. The minimum atomic E-state index is -0.596. The quantitative estimate of drug-likeness (QED) is 0.834. The first kappa shape index (κ1) is 15.7. The van der Waals surface area contributed by atoms with E-state index in [1.165, 1.54) is 0 Å². The van der Waals surface area contributed by atoms with Crippen LogP contribution < -0.4 is 14.8 Å². The molecule has 0 fully saturated rings. The molecule has 5 heteroatoms. The van der Waals surface area contributed by atoms with E-state index in [-0.39, 0.29) is 0 Å². The molecule has 0 saturated heterocycles. The summed E-state index contributed by atoms with van der Waals surface area (Å²) in [6.07, 6.45) is -0.596. The van der Waals surface area contributed by atoms with Gasteiger partial charge in [0.2, 0.25) is 0 Å². The van der Waals surface area contributed by atoms with Gasteiger partial charge in [-0.15, -0.1) is 0 Å². The maximum atomic E-state index is 10.2. The van der Waals surface area contributed by atoms with Crippen LogP contribution in [0.1, 0.15) is 11.7 Å². The Morgan fingerprint density at radius 3 is 2.33 bits per heavy atom. The predicted molar refractivity (Wildman–Crippen MR) is 87.1 cm³/mol. The molecule has 0 aliphatic heterocycles. The zero-order valence-electron chi connectivity index (χ0n) is 12.0. The number of nitrogens with one attached hydrogen (secondary N) is 1. The summed E-state index contributed by atoms with van der Waals surface area (Å²) >= 11 is 3.43. The Kier molecular flexibility index (Phi) is 5.47. The molecule has 0 spiro atoms. The minimum Gasteiger partial charge on any atom is -0.497 e. The Hall–Kier alpha value is -1.72. The van der Waals surface area contributed by atoms with Crippen LogP contribution in [0.4, 0.5) is 5.69 Å². The van der Waals surface area contributed by atoms with Crippen LogP contribution in [0.3, 0.4) is 0 Å². The minimum absolute atomic E-state index is 0.409. The topological polar surface area (TPSA) is 50.7 Å². The van der Waals surface area contributed by atoms with Crippen LogP contribution in [0.2, 0.25) is 0 Å². The summed E-state index contributed by atoms with van der Waals surface area (Å²) in [5.41, 5.74) is 1.72. The number of rotatable bonds is 6. The molecule has 0 bridgehead atoms. The summed E-state index contributed by atoms with van der Waals surface area (Å²) in [6.45, 7) is 0.409. The molecule has 0 saturated carbocycles. The van der Waals surface area contributed by atoms with E-state index in [1.807, 2.05) is 42.5 Å². The van der Waals surface area contributed by atoms with E-state index in [2.05, 4.69) is 21.2 Å². The molecule has 0 aliphatic carbocycles. The molecular formula is C16H18BrNO3. The fraction of sp³-hybridized carbons (Fsp3) is 0.250. The van der Waals surface area contributed by atoms with Crippen LogP contribution in [0.25, 0.3) is 0 Å². The lowest BCUT2D eigenvalue weighted by Gasteiger charge is -2.14. The van der Waals surface area contributed by atoms with Crippen molar-refractivity contribution < 1.29 is 14.6 Å². The summed E-state index contributed by atoms with van der Waals surface area (Å²) in [5, 5.41) is 13.4. The standard InChI is InChI=1S/C16H18BrNO3/c1-20-14-5-3-11(4-6-14)16(19)10-18-13-7-12(17)8-15(9-13)21-2/h3-9,16,18-19H,10H2,1-2H3. The maximum Gasteiger partial charge on any atom is 0.122 e. The van der Waals surface area contributed by atoms with Crippen molar-refractivity contribution in [1.82, 2.24) is 0 Å². The largest absolute Gasteiger partial charge is 0.497 e. The molecule has 4 nitrogen and oxygen atoms in total. The molecule has 0 aliphatic rings. The van der Waals surface area contributed by atoms with Crippen molar-refractivity contribution in [2.45, 2.75) is 6.10 Å². The molecule has 2 aromatic carbocycles. The molecule has 21 heavy (non-hydrogen) atoms.